The summed E-state index contributed by atoms with van der Waals surface area (Å²) >= 11 is 3.21. The summed E-state index contributed by atoms with van der Waals surface area (Å²) < 4.78 is 0.607. The highest BCUT2D eigenvalue weighted by molar-refractivity contribution is 9.10. The minimum Gasteiger partial charge on any atom is -0.307 e. The number of nitrogens with zero attached hydrogens (tertiary/aromatic N) is 2. The number of rotatable bonds is 3. The first-order valence-electron chi connectivity index (χ1n) is 5.66. The van der Waals surface area contributed by atoms with Crippen molar-refractivity contribution in [2.75, 3.05) is 5.32 Å². The molecule has 102 valence electrons. The van der Waals surface area contributed by atoms with Gasteiger partial charge in [-0.3, -0.25) is 14.9 Å². The van der Waals surface area contributed by atoms with E-state index in [0.29, 0.717) is 21.5 Å². The van der Waals surface area contributed by atoms with Crippen LogP contribution in [0.4, 0.5) is 11.5 Å². The first-order valence-corrected chi connectivity index (χ1v) is 6.45. The Kier molecular flexibility index (Phi) is 4.09. The van der Waals surface area contributed by atoms with Crippen molar-refractivity contribution >= 4 is 33.3 Å². The Morgan fingerprint density at radius 3 is 2.70 bits per heavy atom. The van der Waals surface area contributed by atoms with Gasteiger partial charge in [-0.2, -0.15) is 0 Å². The maximum absolute atomic E-state index is 12.1. The van der Waals surface area contributed by atoms with Crippen molar-refractivity contribution in [2.45, 2.75) is 6.92 Å². The van der Waals surface area contributed by atoms with Crippen molar-refractivity contribution < 1.29 is 9.72 Å². The summed E-state index contributed by atoms with van der Waals surface area (Å²) in [5.41, 5.74) is 0.865. The molecule has 2 rings (SSSR count). The van der Waals surface area contributed by atoms with Crippen molar-refractivity contribution in [3.05, 3.63) is 62.2 Å². The normalized spacial score (nSPS) is 10.1. The number of nitro groups is 1. The lowest BCUT2D eigenvalue weighted by Crippen LogP contribution is -2.14. The molecule has 0 saturated carbocycles. The molecule has 0 radical (unpaired) electrons. The van der Waals surface area contributed by atoms with Crippen LogP contribution < -0.4 is 5.32 Å². The highest BCUT2D eigenvalue weighted by Gasteiger charge is 2.14. The Hall–Kier alpha value is -2.28. The third-order valence-corrected chi connectivity index (χ3v) is 3.06. The Morgan fingerprint density at radius 2 is 2.10 bits per heavy atom. The van der Waals surface area contributed by atoms with Crippen LogP contribution in [0.15, 0.2) is 41.0 Å². The van der Waals surface area contributed by atoms with E-state index in [1.165, 1.54) is 18.2 Å². The molecular weight excluding hydrogens is 326 g/mol. The van der Waals surface area contributed by atoms with Crippen molar-refractivity contribution in [3.63, 3.8) is 0 Å². The van der Waals surface area contributed by atoms with Crippen LogP contribution in [0.25, 0.3) is 0 Å². The van der Waals surface area contributed by atoms with Crippen molar-refractivity contribution in [3.8, 4) is 0 Å². The maximum Gasteiger partial charge on any atom is 0.269 e. The molecule has 0 aliphatic carbocycles. The number of nitrogens with one attached hydrogen (secondary N) is 1. The number of aromatic nitrogens is 1. The fraction of sp³-hybridized carbons (Fsp3) is 0.0769. The van der Waals surface area contributed by atoms with E-state index in [0.717, 1.165) is 0 Å². The number of hydrogen-bond acceptors (Lipinski definition) is 4. The van der Waals surface area contributed by atoms with Gasteiger partial charge in [-0.25, -0.2) is 4.98 Å². The molecule has 0 unspecified atom stereocenters. The number of aryl methyl sites for hydroxylation is 1. The molecule has 0 bridgehead atoms. The van der Waals surface area contributed by atoms with Gasteiger partial charge in [0, 0.05) is 17.7 Å². The molecule has 2 aromatic rings. The van der Waals surface area contributed by atoms with Gasteiger partial charge in [-0.15, -0.1) is 0 Å². The van der Waals surface area contributed by atoms with Crippen LogP contribution >= 0.6 is 15.9 Å². The van der Waals surface area contributed by atoms with Gasteiger partial charge >= 0.3 is 0 Å². The molecule has 0 saturated heterocycles. The quantitative estimate of drug-likeness (QED) is 0.529. The molecule has 0 atom stereocenters. The summed E-state index contributed by atoms with van der Waals surface area (Å²) in [5, 5.41) is 13.3. The SMILES string of the molecule is Cc1cc([N+](=O)[O-])ccc1C(=O)Nc1cccc(Br)n1. The lowest BCUT2D eigenvalue weighted by molar-refractivity contribution is -0.384. The van der Waals surface area contributed by atoms with Crippen molar-refractivity contribution in [1.82, 2.24) is 4.98 Å². The van der Waals surface area contributed by atoms with E-state index in [1.807, 2.05) is 0 Å². The van der Waals surface area contributed by atoms with Gasteiger partial charge < -0.3 is 5.32 Å². The molecule has 1 heterocycles. The number of hydrogen-bond donors (Lipinski definition) is 1. The van der Waals surface area contributed by atoms with Gasteiger partial charge in [0.25, 0.3) is 11.6 Å². The number of benzene rings is 1. The Morgan fingerprint density at radius 1 is 1.35 bits per heavy atom. The molecule has 1 N–H and O–H groups in total. The third kappa shape index (κ3) is 3.18. The molecular formula is C13H10BrN3O3. The minimum atomic E-state index is -0.495. The van der Waals surface area contributed by atoms with Crippen LogP contribution in [0, 0.1) is 17.0 Å². The highest BCUT2D eigenvalue weighted by Crippen LogP contribution is 2.18. The number of carbonyl (C=O) groups is 1. The van der Waals surface area contributed by atoms with Crippen molar-refractivity contribution in [1.29, 1.82) is 0 Å². The number of halogens is 1. The zero-order valence-corrected chi connectivity index (χ0v) is 12.0. The average Bonchev–Trinajstić information content (AvgIpc) is 2.38. The lowest BCUT2D eigenvalue weighted by atomic mass is 10.1. The summed E-state index contributed by atoms with van der Waals surface area (Å²) in [6.07, 6.45) is 0. The van der Waals surface area contributed by atoms with E-state index in [2.05, 4.69) is 26.2 Å². The second kappa shape index (κ2) is 5.79. The number of non-ortho nitro benzene ring substituents is 1. The van der Waals surface area contributed by atoms with Crippen molar-refractivity contribution in [2.24, 2.45) is 0 Å². The van der Waals surface area contributed by atoms with Gasteiger partial charge in [-0.1, -0.05) is 6.07 Å². The molecule has 1 aromatic carbocycles. The number of carbonyl (C=O) groups excluding carboxylic acids is 1. The zero-order chi connectivity index (χ0) is 14.7. The van der Waals surface area contributed by atoms with Crippen LogP contribution in [0.3, 0.4) is 0 Å². The molecule has 0 fully saturated rings. The fourth-order valence-corrected chi connectivity index (χ4v) is 2.02. The molecule has 0 aliphatic rings. The summed E-state index contributed by atoms with van der Waals surface area (Å²) in [4.78, 5) is 26.3. The fourth-order valence-electron chi connectivity index (χ4n) is 1.68. The Labute approximate surface area is 123 Å². The van der Waals surface area contributed by atoms with Crippen LogP contribution in [0.1, 0.15) is 15.9 Å². The van der Waals surface area contributed by atoms with E-state index in [9.17, 15) is 14.9 Å². The molecule has 1 aromatic heterocycles. The summed E-state index contributed by atoms with van der Waals surface area (Å²) in [6, 6.07) is 9.24. The van der Waals surface area contributed by atoms with E-state index in [-0.39, 0.29) is 11.6 Å². The summed E-state index contributed by atoms with van der Waals surface area (Å²) in [5.74, 6) is 0.0464. The number of anilines is 1. The van der Waals surface area contributed by atoms with E-state index in [1.54, 1.807) is 25.1 Å². The van der Waals surface area contributed by atoms with Crippen LogP contribution in [-0.4, -0.2) is 15.8 Å². The Balaban J connectivity index is 2.23. The topological polar surface area (TPSA) is 85.1 Å². The number of amides is 1. The first-order chi connectivity index (χ1) is 9.47. The summed E-state index contributed by atoms with van der Waals surface area (Å²) in [7, 11) is 0. The van der Waals surface area contributed by atoms with Gasteiger partial charge in [0.05, 0.1) is 4.92 Å². The predicted octanol–water partition coefficient (Wildman–Crippen LogP) is 3.31. The average molecular weight is 336 g/mol. The molecule has 1 amide bonds. The van der Waals surface area contributed by atoms with E-state index >= 15 is 0 Å². The number of nitro benzene ring substituents is 1. The molecule has 0 aliphatic heterocycles. The second-order valence-corrected chi connectivity index (χ2v) is 4.87. The van der Waals surface area contributed by atoms with Gasteiger partial charge in [0.2, 0.25) is 0 Å². The predicted molar refractivity (Wildman–Crippen MR) is 77.7 cm³/mol. The van der Waals surface area contributed by atoms with Crippen LogP contribution in [-0.2, 0) is 0 Å². The molecule has 7 heteroatoms. The maximum atomic E-state index is 12.1. The van der Waals surface area contributed by atoms with Gasteiger partial charge in [0.1, 0.15) is 10.4 Å². The lowest BCUT2D eigenvalue weighted by Gasteiger charge is -2.07. The van der Waals surface area contributed by atoms with Gasteiger partial charge in [-0.05, 0) is 46.6 Å². The van der Waals surface area contributed by atoms with Crippen LogP contribution in [0.5, 0.6) is 0 Å². The Bertz CT molecular complexity index is 688. The van der Waals surface area contributed by atoms with Crippen LogP contribution in [0.2, 0.25) is 0 Å². The molecule has 0 spiro atoms. The largest absolute Gasteiger partial charge is 0.307 e. The molecule has 6 nitrogen and oxygen atoms in total. The highest BCUT2D eigenvalue weighted by atomic mass is 79.9. The van der Waals surface area contributed by atoms with E-state index < -0.39 is 4.92 Å². The minimum absolute atomic E-state index is 0.0420. The third-order valence-electron chi connectivity index (χ3n) is 2.62. The number of pyridine rings is 1. The smallest absolute Gasteiger partial charge is 0.269 e. The molecule has 20 heavy (non-hydrogen) atoms. The zero-order valence-electron chi connectivity index (χ0n) is 10.5. The first kappa shape index (κ1) is 14.1. The summed E-state index contributed by atoms with van der Waals surface area (Å²) in [6.45, 7) is 1.65. The van der Waals surface area contributed by atoms with Gasteiger partial charge in [0.15, 0.2) is 0 Å². The monoisotopic (exact) mass is 335 g/mol. The standard InChI is InChI=1S/C13H10BrN3O3/c1-8-7-9(17(19)20)5-6-10(8)13(18)16-12-4-2-3-11(14)15-12/h2-7H,1H3,(H,15,16,18). The second-order valence-electron chi connectivity index (χ2n) is 4.06. The van der Waals surface area contributed by atoms with E-state index in [4.69, 9.17) is 0 Å².